The highest BCUT2D eigenvalue weighted by molar-refractivity contribution is 5.78. The molecule has 0 bridgehead atoms. The number of carbonyl (C=O) groups is 1. The first-order chi connectivity index (χ1) is 8.85. The van der Waals surface area contributed by atoms with Crippen LogP contribution in [0, 0.1) is 0 Å². The SMILES string of the molecule is COc1cc(CN)ccc1OCC(=O)NC(C)(C)C. The fraction of sp³-hybridized carbons (Fsp3) is 0.500. The Labute approximate surface area is 114 Å². The highest BCUT2D eigenvalue weighted by Crippen LogP contribution is 2.27. The van der Waals surface area contributed by atoms with Gasteiger partial charge >= 0.3 is 0 Å². The van der Waals surface area contributed by atoms with E-state index in [1.54, 1.807) is 19.2 Å². The summed E-state index contributed by atoms with van der Waals surface area (Å²) < 4.78 is 10.7. The molecule has 5 heteroatoms. The summed E-state index contributed by atoms with van der Waals surface area (Å²) in [6.07, 6.45) is 0. The van der Waals surface area contributed by atoms with E-state index < -0.39 is 0 Å². The molecule has 106 valence electrons. The van der Waals surface area contributed by atoms with Crippen molar-refractivity contribution < 1.29 is 14.3 Å². The predicted molar refractivity (Wildman–Crippen MR) is 74.3 cm³/mol. The van der Waals surface area contributed by atoms with Crippen molar-refractivity contribution in [2.75, 3.05) is 13.7 Å². The highest BCUT2D eigenvalue weighted by atomic mass is 16.5. The third-order valence-electron chi connectivity index (χ3n) is 2.34. The van der Waals surface area contributed by atoms with E-state index in [1.165, 1.54) is 0 Å². The average Bonchev–Trinajstić information content (AvgIpc) is 2.34. The van der Waals surface area contributed by atoms with Crippen LogP contribution in [0.3, 0.4) is 0 Å². The van der Waals surface area contributed by atoms with Crippen LogP contribution in [0.15, 0.2) is 18.2 Å². The Hall–Kier alpha value is -1.75. The number of nitrogens with one attached hydrogen (secondary N) is 1. The molecule has 0 aliphatic carbocycles. The lowest BCUT2D eigenvalue weighted by Crippen LogP contribution is -2.43. The van der Waals surface area contributed by atoms with Gasteiger partial charge in [0.25, 0.3) is 5.91 Å². The van der Waals surface area contributed by atoms with Gasteiger partial charge in [-0.3, -0.25) is 4.79 Å². The van der Waals surface area contributed by atoms with E-state index >= 15 is 0 Å². The van der Waals surface area contributed by atoms with Gasteiger partial charge in [-0.2, -0.15) is 0 Å². The van der Waals surface area contributed by atoms with Crippen molar-refractivity contribution in [3.05, 3.63) is 23.8 Å². The molecule has 0 radical (unpaired) electrons. The molecule has 19 heavy (non-hydrogen) atoms. The molecule has 0 unspecified atom stereocenters. The van der Waals surface area contributed by atoms with Crippen molar-refractivity contribution in [2.45, 2.75) is 32.9 Å². The Morgan fingerprint density at radius 2 is 2.00 bits per heavy atom. The maximum atomic E-state index is 11.7. The molecular weight excluding hydrogens is 244 g/mol. The van der Waals surface area contributed by atoms with E-state index in [4.69, 9.17) is 15.2 Å². The topological polar surface area (TPSA) is 73.6 Å². The maximum Gasteiger partial charge on any atom is 0.258 e. The second kappa shape index (κ2) is 6.43. The van der Waals surface area contributed by atoms with Gasteiger partial charge in [0, 0.05) is 12.1 Å². The summed E-state index contributed by atoms with van der Waals surface area (Å²) in [5.74, 6) is 0.938. The molecule has 0 spiro atoms. The zero-order valence-electron chi connectivity index (χ0n) is 11.9. The Morgan fingerprint density at radius 1 is 1.32 bits per heavy atom. The minimum Gasteiger partial charge on any atom is -0.493 e. The molecule has 0 aliphatic rings. The molecule has 0 fully saturated rings. The van der Waals surface area contributed by atoms with Crippen LogP contribution in [0.25, 0.3) is 0 Å². The molecule has 0 aliphatic heterocycles. The Morgan fingerprint density at radius 3 is 2.53 bits per heavy atom. The summed E-state index contributed by atoms with van der Waals surface area (Å²) in [5, 5.41) is 2.82. The Bertz CT molecular complexity index is 439. The summed E-state index contributed by atoms with van der Waals surface area (Å²) >= 11 is 0. The lowest BCUT2D eigenvalue weighted by molar-refractivity contribution is -0.124. The number of hydrogen-bond donors (Lipinski definition) is 2. The molecule has 0 heterocycles. The Balaban J connectivity index is 2.65. The van der Waals surface area contributed by atoms with E-state index in [0.717, 1.165) is 5.56 Å². The number of methoxy groups -OCH3 is 1. The summed E-state index contributed by atoms with van der Waals surface area (Å²) in [7, 11) is 1.55. The van der Waals surface area contributed by atoms with E-state index in [2.05, 4.69) is 5.32 Å². The zero-order valence-corrected chi connectivity index (χ0v) is 11.9. The van der Waals surface area contributed by atoms with Crippen molar-refractivity contribution in [3.63, 3.8) is 0 Å². The molecule has 0 saturated carbocycles. The molecule has 0 aromatic heterocycles. The van der Waals surface area contributed by atoms with Gasteiger partial charge < -0.3 is 20.5 Å². The van der Waals surface area contributed by atoms with Gasteiger partial charge in [-0.1, -0.05) is 6.07 Å². The Kier molecular flexibility index (Phi) is 5.18. The molecule has 1 aromatic rings. The molecule has 0 atom stereocenters. The zero-order chi connectivity index (χ0) is 14.5. The van der Waals surface area contributed by atoms with Gasteiger partial charge in [-0.15, -0.1) is 0 Å². The average molecular weight is 266 g/mol. The van der Waals surface area contributed by atoms with E-state index in [0.29, 0.717) is 18.0 Å². The van der Waals surface area contributed by atoms with Gasteiger partial charge in [0.15, 0.2) is 18.1 Å². The third kappa shape index (κ3) is 5.18. The normalized spacial score (nSPS) is 11.0. The van der Waals surface area contributed by atoms with Crippen LogP contribution in [-0.2, 0) is 11.3 Å². The summed E-state index contributed by atoms with van der Waals surface area (Å²) in [5.41, 5.74) is 6.23. The monoisotopic (exact) mass is 266 g/mol. The number of hydrogen-bond acceptors (Lipinski definition) is 4. The largest absolute Gasteiger partial charge is 0.493 e. The van der Waals surface area contributed by atoms with Crippen LogP contribution in [0.5, 0.6) is 11.5 Å². The first-order valence-electron chi connectivity index (χ1n) is 6.16. The maximum absolute atomic E-state index is 11.7. The second-order valence-corrected chi connectivity index (χ2v) is 5.28. The predicted octanol–water partition coefficient (Wildman–Crippen LogP) is 1.45. The van der Waals surface area contributed by atoms with E-state index in [9.17, 15) is 4.79 Å². The summed E-state index contributed by atoms with van der Waals surface area (Å²) in [6.45, 7) is 6.14. The first kappa shape index (κ1) is 15.3. The number of nitrogens with two attached hydrogens (primary N) is 1. The molecule has 0 saturated heterocycles. The summed E-state index contributed by atoms with van der Waals surface area (Å²) in [6, 6.07) is 5.40. The smallest absolute Gasteiger partial charge is 0.258 e. The van der Waals surface area contributed by atoms with Crippen LogP contribution < -0.4 is 20.5 Å². The minimum absolute atomic E-state index is 0.0460. The van der Waals surface area contributed by atoms with E-state index in [1.807, 2.05) is 26.8 Å². The van der Waals surface area contributed by atoms with Crippen molar-refractivity contribution in [1.82, 2.24) is 5.32 Å². The van der Waals surface area contributed by atoms with Crippen LogP contribution in [0.2, 0.25) is 0 Å². The van der Waals surface area contributed by atoms with Gasteiger partial charge in [0.2, 0.25) is 0 Å². The number of ether oxygens (including phenoxy) is 2. The molecule has 3 N–H and O–H groups in total. The molecular formula is C14H22N2O3. The highest BCUT2D eigenvalue weighted by Gasteiger charge is 2.14. The van der Waals surface area contributed by atoms with E-state index in [-0.39, 0.29) is 18.1 Å². The van der Waals surface area contributed by atoms with Crippen molar-refractivity contribution in [3.8, 4) is 11.5 Å². The fourth-order valence-electron chi connectivity index (χ4n) is 1.56. The third-order valence-corrected chi connectivity index (χ3v) is 2.34. The van der Waals surface area contributed by atoms with Gasteiger partial charge in [-0.25, -0.2) is 0 Å². The first-order valence-corrected chi connectivity index (χ1v) is 6.16. The lowest BCUT2D eigenvalue weighted by atomic mass is 10.1. The molecule has 1 aromatic carbocycles. The number of carbonyl (C=O) groups excluding carboxylic acids is 1. The standard InChI is InChI=1S/C14H22N2O3/c1-14(2,3)16-13(17)9-19-11-6-5-10(8-15)7-12(11)18-4/h5-7H,8-9,15H2,1-4H3,(H,16,17). The fourth-order valence-corrected chi connectivity index (χ4v) is 1.56. The van der Waals surface area contributed by atoms with Crippen molar-refractivity contribution >= 4 is 5.91 Å². The van der Waals surface area contributed by atoms with Crippen molar-refractivity contribution in [1.29, 1.82) is 0 Å². The number of amides is 1. The van der Waals surface area contributed by atoms with Crippen molar-refractivity contribution in [2.24, 2.45) is 5.73 Å². The van der Waals surface area contributed by atoms with Crippen LogP contribution in [0.1, 0.15) is 26.3 Å². The van der Waals surface area contributed by atoms with Crippen LogP contribution >= 0.6 is 0 Å². The van der Waals surface area contributed by atoms with Gasteiger partial charge in [-0.05, 0) is 38.5 Å². The molecule has 1 rings (SSSR count). The molecule has 5 nitrogen and oxygen atoms in total. The second-order valence-electron chi connectivity index (χ2n) is 5.28. The molecule has 1 amide bonds. The van der Waals surface area contributed by atoms with Crippen LogP contribution in [-0.4, -0.2) is 25.2 Å². The number of benzene rings is 1. The quantitative estimate of drug-likeness (QED) is 0.846. The van der Waals surface area contributed by atoms with Gasteiger partial charge in [0.05, 0.1) is 7.11 Å². The number of rotatable bonds is 5. The minimum atomic E-state index is -0.270. The lowest BCUT2D eigenvalue weighted by Gasteiger charge is -2.20. The summed E-state index contributed by atoms with van der Waals surface area (Å²) in [4.78, 5) is 11.7. The van der Waals surface area contributed by atoms with Gasteiger partial charge in [0.1, 0.15) is 0 Å². The van der Waals surface area contributed by atoms with Crippen LogP contribution in [0.4, 0.5) is 0 Å².